The van der Waals surface area contributed by atoms with E-state index in [2.05, 4.69) is 11.1 Å². The Morgan fingerprint density at radius 2 is 2.41 bits per heavy atom. The maximum atomic E-state index is 11.7. The molecule has 0 aliphatic carbocycles. The summed E-state index contributed by atoms with van der Waals surface area (Å²) in [7, 11) is 1.46. The van der Waals surface area contributed by atoms with E-state index < -0.39 is 0 Å². The minimum atomic E-state index is -0.177. The van der Waals surface area contributed by atoms with Crippen molar-refractivity contribution in [3.05, 3.63) is 30.1 Å². The number of ether oxygens (including phenoxy) is 1. The third-order valence-electron chi connectivity index (χ3n) is 4.03. The molecule has 1 aromatic heterocycles. The van der Waals surface area contributed by atoms with Gasteiger partial charge in [0.05, 0.1) is 7.11 Å². The smallest absolute Gasteiger partial charge is 0.410 e. The van der Waals surface area contributed by atoms with E-state index in [0.717, 1.165) is 19.3 Å². The number of hydrogen-bond donors (Lipinski definition) is 0. The molecule has 0 N–H and O–H groups in total. The highest BCUT2D eigenvalue weighted by atomic mass is 16.5. The van der Waals surface area contributed by atoms with Crippen LogP contribution in [0, 0.1) is 0 Å². The molecule has 2 bridgehead atoms. The van der Waals surface area contributed by atoms with Gasteiger partial charge in [-0.3, -0.25) is 4.98 Å². The van der Waals surface area contributed by atoms with Crippen molar-refractivity contribution in [3.8, 4) is 0 Å². The average Bonchev–Trinajstić information content (AvgIpc) is 2.96. The van der Waals surface area contributed by atoms with Crippen LogP contribution in [0.4, 0.5) is 4.79 Å². The first-order chi connectivity index (χ1) is 8.31. The molecule has 0 spiro atoms. The van der Waals surface area contributed by atoms with Gasteiger partial charge in [-0.2, -0.15) is 0 Å². The largest absolute Gasteiger partial charge is 0.453 e. The molecule has 2 aliphatic heterocycles. The minimum absolute atomic E-state index is 0.177. The summed E-state index contributed by atoms with van der Waals surface area (Å²) >= 11 is 0. The van der Waals surface area contributed by atoms with Gasteiger partial charge in [-0.05, 0) is 30.9 Å². The van der Waals surface area contributed by atoms with E-state index in [4.69, 9.17) is 4.74 Å². The number of pyridine rings is 1. The van der Waals surface area contributed by atoms with Gasteiger partial charge in [-0.15, -0.1) is 0 Å². The number of carbonyl (C=O) groups is 1. The number of nitrogens with zero attached hydrogens (tertiary/aromatic N) is 2. The fourth-order valence-corrected chi connectivity index (χ4v) is 3.33. The molecular weight excluding hydrogens is 216 g/mol. The Hall–Kier alpha value is -1.58. The van der Waals surface area contributed by atoms with Gasteiger partial charge in [0.25, 0.3) is 0 Å². The summed E-state index contributed by atoms with van der Waals surface area (Å²) in [5.41, 5.74) is 1.24. The molecule has 3 rings (SSSR count). The maximum Gasteiger partial charge on any atom is 0.410 e. The van der Waals surface area contributed by atoms with Crippen molar-refractivity contribution < 1.29 is 9.53 Å². The highest BCUT2D eigenvalue weighted by Gasteiger charge is 2.49. The van der Waals surface area contributed by atoms with Crippen LogP contribution in [0.5, 0.6) is 0 Å². The van der Waals surface area contributed by atoms with Crippen molar-refractivity contribution in [2.45, 2.75) is 37.3 Å². The Morgan fingerprint density at radius 1 is 1.53 bits per heavy atom. The van der Waals surface area contributed by atoms with Crippen LogP contribution in [0.2, 0.25) is 0 Å². The van der Waals surface area contributed by atoms with Crippen molar-refractivity contribution in [1.82, 2.24) is 9.88 Å². The lowest BCUT2D eigenvalue weighted by atomic mass is 9.85. The molecule has 3 heterocycles. The molecule has 4 nitrogen and oxygen atoms in total. The van der Waals surface area contributed by atoms with E-state index in [9.17, 15) is 4.79 Å². The third kappa shape index (κ3) is 1.59. The molecule has 1 aromatic rings. The number of hydrogen-bond acceptors (Lipinski definition) is 3. The van der Waals surface area contributed by atoms with Crippen LogP contribution < -0.4 is 0 Å². The van der Waals surface area contributed by atoms with Gasteiger partial charge in [0.1, 0.15) is 0 Å². The van der Waals surface area contributed by atoms with Gasteiger partial charge >= 0.3 is 6.09 Å². The third-order valence-corrected chi connectivity index (χ3v) is 4.03. The van der Waals surface area contributed by atoms with E-state index in [-0.39, 0.29) is 6.09 Å². The maximum absolute atomic E-state index is 11.7. The fraction of sp³-hybridized carbons (Fsp3) is 0.538. The molecule has 0 radical (unpaired) electrons. The number of fused-ring (bicyclic) bond motifs is 2. The standard InChI is InChI=1S/C13H16N2O2/c1-17-13(16)15-10-4-5-12(15)11(7-10)9-3-2-6-14-8-9/h2-3,6,8,10-12H,4-5,7H2,1H3/t10-,11+,12+/m0/s1. The van der Waals surface area contributed by atoms with Crippen LogP contribution in [-0.4, -0.2) is 35.2 Å². The molecule has 2 saturated heterocycles. The number of rotatable bonds is 1. The van der Waals surface area contributed by atoms with E-state index >= 15 is 0 Å². The lowest BCUT2D eigenvalue weighted by Crippen LogP contribution is -2.35. The number of methoxy groups -OCH3 is 1. The summed E-state index contributed by atoms with van der Waals surface area (Å²) in [4.78, 5) is 17.8. The van der Waals surface area contributed by atoms with Crippen LogP contribution in [0.25, 0.3) is 0 Å². The van der Waals surface area contributed by atoms with E-state index in [0.29, 0.717) is 18.0 Å². The van der Waals surface area contributed by atoms with E-state index in [1.807, 2.05) is 17.2 Å². The highest BCUT2D eigenvalue weighted by molar-refractivity contribution is 5.69. The molecular formula is C13H16N2O2. The molecule has 1 amide bonds. The summed E-state index contributed by atoms with van der Waals surface area (Å²) in [5, 5.41) is 0. The Balaban J connectivity index is 1.86. The molecule has 0 saturated carbocycles. The minimum Gasteiger partial charge on any atom is -0.453 e. The van der Waals surface area contributed by atoms with Crippen molar-refractivity contribution in [1.29, 1.82) is 0 Å². The Labute approximate surface area is 101 Å². The van der Waals surface area contributed by atoms with Gasteiger partial charge in [0, 0.05) is 30.4 Å². The highest BCUT2D eigenvalue weighted by Crippen LogP contribution is 2.46. The lowest BCUT2D eigenvalue weighted by molar-refractivity contribution is 0.116. The first-order valence-electron chi connectivity index (χ1n) is 6.07. The second-order valence-corrected chi connectivity index (χ2v) is 4.80. The summed E-state index contributed by atoms with van der Waals surface area (Å²) in [6, 6.07) is 4.73. The normalized spacial score (nSPS) is 30.6. The molecule has 3 atom stereocenters. The SMILES string of the molecule is COC(=O)N1[C@H]2CC[C@@H]1[C@@H](c1cccnc1)C2. The number of carbonyl (C=O) groups excluding carboxylic acids is 1. The van der Waals surface area contributed by atoms with Crippen molar-refractivity contribution >= 4 is 6.09 Å². The van der Waals surface area contributed by atoms with Crippen molar-refractivity contribution in [2.75, 3.05) is 7.11 Å². The van der Waals surface area contributed by atoms with Gasteiger partial charge in [0.15, 0.2) is 0 Å². The second-order valence-electron chi connectivity index (χ2n) is 4.80. The molecule has 0 aromatic carbocycles. The van der Waals surface area contributed by atoms with Crippen molar-refractivity contribution in [3.63, 3.8) is 0 Å². The Kier molecular flexibility index (Phi) is 2.50. The topological polar surface area (TPSA) is 42.4 Å². The zero-order valence-electron chi connectivity index (χ0n) is 9.87. The molecule has 2 aliphatic rings. The number of amides is 1. The first kappa shape index (κ1) is 10.6. The first-order valence-corrected chi connectivity index (χ1v) is 6.07. The molecule has 4 heteroatoms. The molecule has 2 fully saturated rings. The molecule has 17 heavy (non-hydrogen) atoms. The van der Waals surface area contributed by atoms with Crippen LogP contribution in [-0.2, 0) is 4.74 Å². The molecule has 90 valence electrons. The van der Waals surface area contributed by atoms with Crippen LogP contribution in [0.3, 0.4) is 0 Å². The van der Waals surface area contributed by atoms with Gasteiger partial charge in [-0.1, -0.05) is 6.07 Å². The van der Waals surface area contributed by atoms with E-state index in [1.54, 1.807) is 6.20 Å². The lowest BCUT2D eigenvalue weighted by Gasteiger charge is -2.23. The summed E-state index contributed by atoms with van der Waals surface area (Å²) in [5.74, 6) is 0.432. The number of aromatic nitrogens is 1. The predicted molar refractivity (Wildman–Crippen MR) is 62.6 cm³/mol. The van der Waals surface area contributed by atoms with Gasteiger partial charge < -0.3 is 9.64 Å². The zero-order chi connectivity index (χ0) is 11.8. The summed E-state index contributed by atoms with van der Waals surface area (Å²) in [6.07, 6.45) is 6.76. The Morgan fingerprint density at radius 3 is 3.12 bits per heavy atom. The summed E-state index contributed by atoms with van der Waals surface area (Å²) in [6.45, 7) is 0. The molecule has 0 unspecified atom stereocenters. The van der Waals surface area contributed by atoms with Crippen LogP contribution in [0.1, 0.15) is 30.7 Å². The van der Waals surface area contributed by atoms with Gasteiger partial charge in [0.2, 0.25) is 0 Å². The van der Waals surface area contributed by atoms with Crippen LogP contribution in [0.15, 0.2) is 24.5 Å². The van der Waals surface area contributed by atoms with Crippen molar-refractivity contribution in [2.24, 2.45) is 0 Å². The average molecular weight is 232 g/mol. The van der Waals surface area contributed by atoms with Gasteiger partial charge in [-0.25, -0.2) is 4.79 Å². The fourth-order valence-electron chi connectivity index (χ4n) is 3.33. The van der Waals surface area contributed by atoms with E-state index in [1.165, 1.54) is 12.7 Å². The Bertz CT molecular complexity index is 421. The quantitative estimate of drug-likeness (QED) is 0.745. The summed E-state index contributed by atoms with van der Waals surface area (Å²) < 4.78 is 4.87. The monoisotopic (exact) mass is 232 g/mol. The second kappa shape index (κ2) is 4.02. The predicted octanol–water partition coefficient (Wildman–Crippen LogP) is 2.17. The zero-order valence-corrected chi connectivity index (χ0v) is 9.87. The van der Waals surface area contributed by atoms with Crippen LogP contribution >= 0.6 is 0 Å².